The number of aliphatic carboxylic acids is 1. The van der Waals surface area contributed by atoms with Gasteiger partial charge in [0.1, 0.15) is 0 Å². The standard InChI is InChI=1S/C14H19ClO3/c1-10(2)9-18-8-7-12(14(16)17)11-5-3-4-6-13(11)15/h3-6,10,12H,7-9H2,1-2H3,(H,16,17). The number of benzene rings is 1. The summed E-state index contributed by atoms with van der Waals surface area (Å²) in [6.07, 6.45) is 0.436. The zero-order chi connectivity index (χ0) is 13.5. The fraction of sp³-hybridized carbons (Fsp3) is 0.500. The molecule has 1 aromatic carbocycles. The highest BCUT2D eigenvalue weighted by Crippen LogP contribution is 2.27. The normalized spacial score (nSPS) is 12.7. The Morgan fingerprint density at radius 3 is 2.61 bits per heavy atom. The lowest BCUT2D eigenvalue weighted by Gasteiger charge is -2.15. The van der Waals surface area contributed by atoms with E-state index in [9.17, 15) is 9.90 Å². The van der Waals surface area contributed by atoms with Crippen LogP contribution in [0.1, 0.15) is 31.7 Å². The van der Waals surface area contributed by atoms with E-state index in [1.165, 1.54) is 0 Å². The predicted octanol–water partition coefficient (Wildman–Crippen LogP) is 3.57. The van der Waals surface area contributed by atoms with Crippen LogP contribution in [0, 0.1) is 5.92 Å². The lowest BCUT2D eigenvalue weighted by molar-refractivity contribution is -0.139. The molecule has 0 aliphatic rings. The first-order valence-corrected chi connectivity index (χ1v) is 6.45. The van der Waals surface area contributed by atoms with Gasteiger partial charge in [0.15, 0.2) is 0 Å². The van der Waals surface area contributed by atoms with Gasteiger partial charge in [0.2, 0.25) is 0 Å². The van der Waals surface area contributed by atoms with Crippen molar-refractivity contribution < 1.29 is 14.6 Å². The predicted molar refractivity (Wildman–Crippen MR) is 72.1 cm³/mol. The summed E-state index contributed by atoms with van der Waals surface area (Å²) < 4.78 is 5.43. The number of carbonyl (C=O) groups is 1. The fourth-order valence-corrected chi connectivity index (χ4v) is 1.96. The van der Waals surface area contributed by atoms with Crippen molar-refractivity contribution in [1.29, 1.82) is 0 Å². The summed E-state index contributed by atoms with van der Waals surface area (Å²) in [6, 6.07) is 7.05. The van der Waals surface area contributed by atoms with E-state index >= 15 is 0 Å². The van der Waals surface area contributed by atoms with Crippen molar-refractivity contribution in [2.45, 2.75) is 26.2 Å². The van der Waals surface area contributed by atoms with E-state index in [1.54, 1.807) is 24.3 Å². The van der Waals surface area contributed by atoms with Crippen molar-refractivity contribution in [2.24, 2.45) is 5.92 Å². The van der Waals surface area contributed by atoms with Gasteiger partial charge in [-0.15, -0.1) is 0 Å². The summed E-state index contributed by atoms with van der Waals surface area (Å²) in [5.74, 6) is -1.02. The highest BCUT2D eigenvalue weighted by atomic mass is 35.5. The van der Waals surface area contributed by atoms with E-state index in [-0.39, 0.29) is 0 Å². The van der Waals surface area contributed by atoms with Crippen molar-refractivity contribution in [3.05, 3.63) is 34.9 Å². The molecule has 0 aliphatic carbocycles. The molecule has 100 valence electrons. The van der Waals surface area contributed by atoms with Crippen molar-refractivity contribution in [1.82, 2.24) is 0 Å². The molecule has 18 heavy (non-hydrogen) atoms. The molecule has 0 heterocycles. The van der Waals surface area contributed by atoms with Crippen LogP contribution in [0.2, 0.25) is 5.02 Å². The molecule has 0 aromatic heterocycles. The minimum absolute atomic E-state index is 0.431. The average Bonchev–Trinajstić information content (AvgIpc) is 2.30. The van der Waals surface area contributed by atoms with Gasteiger partial charge in [0.25, 0.3) is 0 Å². The van der Waals surface area contributed by atoms with Crippen LogP contribution in [0.25, 0.3) is 0 Å². The van der Waals surface area contributed by atoms with Crippen LogP contribution in [-0.4, -0.2) is 24.3 Å². The number of rotatable bonds is 7. The zero-order valence-electron chi connectivity index (χ0n) is 10.7. The maximum atomic E-state index is 11.3. The third-order valence-corrected chi connectivity index (χ3v) is 2.92. The zero-order valence-corrected chi connectivity index (χ0v) is 11.5. The van der Waals surface area contributed by atoms with Crippen molar-refractivity contribution in [3.63, 3.8) is 0 Å². The second kappa shape index (κ2) is 7.39. The van der Waals surface area contributed by atoms with Crippen LogP contribution in [0.4, 0.5) is 0 Å². The molecule has 1 atom stereocenters. The Hall–Kier alpha value is -1.06. The molecular weight excluding hydrogens is 252 g/mol. The highest BCUT2D eigenvalue weighted by molar-refractivity contribution is 6.31. The van der Waals surface area contributed by atoms with Gasteiger partial charge in [-0.1, -0.05) is 43.6 Å². The SMILES string of the molecule is CC(C)COCCC(C(=O)O)c1ccccc1Cl. The molecule has 0 aliphatic heterocycles. The van der Waals surface area contributed by atoms with Crippen LogP contribution in [0.5, 0.6) is 0 Å². The lowest BCUT2D eigenvalue weighted by atomic mass is 9.96. The number of hydrogen-bond acceptors (Lipinski definition) is 2. The Bertz CT molecular complexity index is 390. The molecule has 1 N–H and O–H groups in total. The number of hydrogen-bond donors (Lipinski definition) is 1. The van der Waals surface area contributed by atoms with Crippen molar-refractivity contribution >= 4 is 17.6 Å². The van der Waals surface area contributed by atoms with E-state index in [0.717, 1.165) is 0 Å². The second-order valence-electron chi connectivity index (χ2n) is 4.67. The first-order chi connectivity index (χ1) is 8.52. The Morgan fingerprint density at radius 2 is 2.06 bits per heavy atom. The van der Waals surface area contributed by atoms with Gasteiger partial charge in [-0.05, 0) is 24.0 Å². The molecule has 1 rings (SSSR count). The smallest absolute Gasteiger partial charge is 0.311 e. The first-order valence-electron chi connectivity index (χ1n) is 6.07. The monoisotopic (exact) mass is 270 g/mol. The van der Waals surface area contributed by atoms with Crippen LogP contribution >= 0.6 is 11.6 Å². The van der Waals surface area contributed by atoms with E-state index in [1.807, 2.05) is 0 Å². The van der Waals surface area contributed by atoms with Crippen LogP contribution < -0.4 is 0 Å². The number of carboxylic acid groups (broad SMARTS) is 1. The lowest BCUT2D eigenvalue weighted by Crippen LogP contribution is -2.15. The third-order valence-electron chi connectivity index (χ3n) is 2.58. The molecule has 0 spiro atoms. The Morgan fingerprint density at radius 1 is 1.39 bits per heavy atom. The quantitative estimate of drug-likeness (QED) is 0.771. The van der Waals surface area contributed by atoms with Crippen LogP contribution in [0.3, 0.4) is 0 Å². The van der Waals surface area contributed by atoms with E-state index < -0.39 is 11.9 Å². The van der Waals surface area contributed by atoms with Crippen LogP contribution in [-0.2, 0) is 9.53 Å². The fourth-order valence-electron chi connectivity index (χ4n) is 1.69. The minimum Gasteiger partial charge on any atom is -0.481 e. The summed E-state index contributed by atoms with van der Waals surface area (Å²) in [5.41, 5.74) is 0.653. The summed E-state index contributed by atoms with van der Waals surface area (Å²) in [6.45, 7) is 5.20. The number of ether oxygens (including phenoxy) is 1. The maximum Gasteiger partial charge on any atom is 0.311 e. The van der Waals surface area contributed by atoms with Crippen LogP contribution in [0.15, 0.2) is 24.3 Å². The molecule has 1 aromatic rings. The second-order valence-corrected chi connectivity index (χ2v) is 5.08. The maximum absolute atomic E-state index is 11.3. The van der Waals surface area contributed by atoms with Crippen molar-refractivity contribution in [2.75, 3.05) is 13.2 Å². The Kier molecular flexibility index (Phi) is 6.16. The van der Waals surface area contributed by atoms with E-state index in [2.05, 4.69) is 13.8 Å². The molecule has 3 nitrogen and oxygen atoms in total. The summed E-state index contributed by atoms with van der Waals surface area (Å²) in [4.78, 5) is 11.3. The Labute approximate surface area is 113 Å². The molecule has 0 saturated carbocycles. The van der Waals surface area contributed by atoms with Gasteiger partial charge in [-0.2, -0.15) is 0 Å². The van der Waals surface area contributed by atoms with Gasteiger partial charge in [0, 0.05) is 18.2 Å². The minimum atomic E-state index is -0.865. The van der Waals surface area contributed by atoms with Gasteiger partial charge < -0.3 is 9.84 Å². The molecule has 0 fully saturated rings. The van der Waals surface area contributed by atoms with Gasteiger partial charge in [-0.25, -0.2) is 0 Å². The van der Waals surface area contributed by atoms with E-state index in [4.69, 9.17) is 16.3 Å². The molecule has 1 unspecified atom stereocenters. The molecule has 4 heteroatoms. The molecule has 0 bridgehead atoms. The topological polar surface area (TPSA) is 46.5 Å². The summed E-state index contributed by atoms with van der Waals surface area (Å²) in [5, 5.41) is 9.74. The molecule has 0 amide bonds. The molecular formula is C14H19ClO3. The van der Waals surface area contributed by atoms with Gasteiger partial charge >= 0.3 is 5.97 Å². The van der Waals surface area contributed by atoms with Gasteiger partial charge in [-0.3, -0.25) is 4.79 Å². The third kappa shape index (κ3) is 4.67. The highest BCUT2D eigenvalue weighted by Gasteiger charge is 2.21. The Balaban J connectivity index is 2.61. The first kappa shape index (κ1) is 15.0. The summed E-state index contributed by atoms with van der Waals surface area (Å²) >= 11 is 6.02. The van der Waals surface area contributed by atoms with E-state index in [0.29, 0.717) is 36.1 Å². The molecule has 0 radical (unpaired) electrons. The summed E-state index contributed by atoms with van der Waals surface area (Å²) in [7, 11) is 0. The largest absolute Gasteiger partial charge is 0.481 e. The van der Waals surface area contributed by atoms with Crippen molar-refractivity contribution in [3.8, 4) is 0 Å². The average molecular weight is 271 g/mol. The molecule has 0 saturated heterocycles. The number of halogens is 1. The number of carboxylic acids is 1. The van der Waals surface area contributed by atoms with Gasteiger partial charge in [0.05, 0.1) is 5.92 Å².